The second-order valence-electron chi connectivity index (χ2n) is 7.90. The molecule has 1 fully saturated rings. The summed E-state index contributed by atoms with van der Waals surface area (Å²) in [4.78, 5) is 41.3. The van der Waals surface area contributed by atoms with E-state index in [-0.39, 0.29) is 37.4 Å². The third kappa shape index (κ3) is 6.05. The van der Waals surface area contributed by atoms with Crippen LogP contribution in [0, 0.1) is 0 Å². The summed E-state index contributed by atoms with van der Waals surface area (Å²) in [6.07, 6.45) is 0. The fraction of sp³-hybridized carbons (Fsp3) is 0.375. The van der Waals surface area contributed by atoms with Crippen molar-refractivity contribution in [1.29, 1.82) is 0 Å². The number of carbonyl (C=O) groups is 3. The number of benzene rings is 2. The van der Waals surface area contributed by atoms with E-state index in [9.17, 15) is 14.4 Å². The molecule has 2 amide bonds. The van der Waals surface area contributed by atoms with Crippen molar-refractivity contribution in [3.05, 3.63) is 53.1 Å². The number of morpholine rings is 1. The molecule has 2 aromatic rings. The maximum absolute atomic E-state index is 12.7. The molecule has 0 aromatic heterocycles. The van der Waals surface area contributed by atoms with Crippen molar-refractivity contribution in [2.45, 2.75) is 0 Å². The highest BCUT2D eigenvalue weighted by atomic mass is 35.5. The standard InChI is InChI=1S/C24H26ClN3O6/c25-18-3-1-2-4-21(18)33-15-20(29)17-5-6-22-19(13-17)28(24(31)16-34-22)14-23(30)26-7-8-27-9-11-32-12-10-27/h1-6,13H,7-12,14-16H2,(H,26,30). The highest BCUT2D eigenvalue weighted by molar-refractivity contribution is 6.32. The van der Waals surface area contributed by atoms with Gasteiger partial charge < -0.3 is 19.5 Å². The number of halogens is 1. The summed E-state index contributed by atoms with van der Waals surface area (Å²) >= 11 is 6.07. The van der Waals surface area contributed by atoms with Gasteiger partial charge in [0, 0.05) is 31.7 Å². The number of nitrogens with zero attached hydrogens (tertiary/aromatic N) is 2. The Labute approximate surface area is 202 Å². The Morgan fingerprint density at radius 3 is 2.71 bits per heavy atom. The van der Waals surface area contributed by atoms with E-state index in [1.54, 1.807) is 42.5 Å². The van der Waals surface area contributed by atoms with Gasteiger partial charge >= 0.3 is 0 Å². The number of fused-ring (bicyclic) bond motifs is 1. The van der Waals surface area contributed by atoms with Crippen molar-refractivity contribution >= 4 is 34.9 Å². The van der Waals surface area contributed by atoms with E-state index in [4.69, 9.17) is 25.8 Å². The maximum atomic E-state index is 12.7. The number of ether oxygens (including phenoxy) is 3. The van der Waals surface area contributed by atoms with E-state index in [2.05, 4.69) is 10.2 Å². The van der Waals surface area contributed by atoms with Crippen LogP contribution in [-0.4, -0.2) is 81.6 Å². The predicted molar refractivity (Wildman–Crippen MR) is 126 cm³/mol. The molecule has 0 radical (unpaired) electrons. The second kappa shape index (κ2) is 11.3. The Bertz CT molecular complexity index is 1060. The second-order valence-corrected chi connectivity index (χ2v) is 8.30. The van der Waals surface area contributed by atoms with Gasteiger partial charge in [-0.1, -0.05) is 23.7 Å². The van der Waals surface area contributed by atoms with Gasteiger partial charge in [-0.3, -0.25) is 24.2 Å². The molecule has 1 saturated heterocycles. The zero-order valence-corrected chi connectivity index (χ0v) is 19.4. The summed E-state index contributed by atoms with van der Waals surface area (Å²) in [6.45, 7) is 3.69. The highest BCUT2D eigenvalue weighted by Gasteiger charge is 2.28. The Morgan fingerprint density at radius 1 is 1.12 bits per heavy atom. The molecule has 2 aliphatic rings. The first kappa shape index (κ1) is 24.0. The van der Waals surface area contributed by atoms with Crippen molar-refractivity contribution < 1.29 is 28.6 Å². The lowest BCUT2D eigenvalue weighted by molar-refractivity contribution is -0.125. The number of amides is 2. The Morgan fingerprint density at radius 2 is 1.91 bits per heavy atom. The fourth-order valence-corrected chi connectivity index (χ4v) is 3.91. The van der Waals surface area contributed by atoms with Gasteiger partial charge in [0.1, 0.15) is 18.0 Å². The van der Waals surface area contributed by atoms with Gasteiger partial charge in [0.2, 0.25) is 5.91 Å². The first-order valence-corrected chi connectivity index (χ1v) is 11.4. The number of para-hydroxylation sites is 1. The monoisotopic (exact) mass is 487 g/mol. The average molecular weight is 488 g/mol. The minimum Gasteiger partial charge on any atom is -0.484 e. The van der Waals surface area contributed by atoms with Crippen LogP contribution >= 0.6 is 11.6 Å². The SMILES string of the molecule is O=C(CN1C(=O)COc2ccc(C(=O)COc3ccccc3Cl)cc21)NCCN1CCOCC1. The van der Waals surface area contributed by atoms with E-state index < -0.39 is 0 Å². The number of anilines is 1. The van der Waals surface area contributed by atoms with Crippen molar-refractivity contribution in [2.24, 2.45) is 0 Å². The largest absolute Gasteiger partial charge is 0.484 e. The van der Waals surface area contributed by atoms with Crippen molar-refractivity contribution in [1.82, 2.24) is 10.2 Å². The molecule has 0 aliphatic carbocycles. The predicted octanol–water partition coefficient (Wildman–Crippen LogP) is 1.78. The van der Waals surface area contributed by atoms with Crippen molar-refractivity contribution in [3.63, 3.8) is 0 Å². The minimum atomic E-state index is -0.354. The van der Waals surface area contributed by atoms with Gasteiger partial charge in [-0.25, -0.2) is 0 Å². The molecular weight excluding hydrogens is 462 g/mol. The van der Waals surface area contributed by atoms with E-state index in [1.807, 2.05) is 0 Å². The Hall–Kier alpha value is -3.14. The van der Waals surface area contributed by atoms with Crippen LogP contribution in [0.4, 0.5) is 5.69 Å². The number of hydrogen-bond donors (Lipinski definition) is 1. The molecule has 9 nitrogen and oxygen atoms in total. The van der Waals surface area contributed by atoms with Gasteiger partial charge in [0.25, 0.3) is 5.91 Å². The summed E-state index contributed by atoms with van der Waals surface area (Å²) in [6, 6.07) is 11.6. The van der Waals surface area contributed by atoms with Crippen molar-refractivity contribution in [3.8, 4) is 11.5 Å². The Kier molecular flexibility index (Phi) is 7.99. The van der Waals surface area contributed by atoms with Crippen LogP contribution in [0.15, 0.2) is 42.5 Å². The van der Waals surface area contributed by atoms with Gasteiger partial charge in [-0.2, -0.15) is 0 Å². The molecule has 4 rings (SSSR count). The van der Waals surface area contributed by atoms with Gasteiger partial charge in [-0.05, 0) is 30.3 Å². The topological polar surface area (TPSA) is 97.4 Å². The molecule has 10 heteroatoms. The molecule has 0 saturated carbocycles. The average Bonchev–Trinajstić information content (AvgIpc) is 2.85. The van der Waals surface area contributed by atoms with Crippen LogP contribution in [0.25, 0.3) is 0 Å². The number of hydrogen-bond acceptors (Lipinski definition) is 7. The highest BCUT2D eigenvalue weighted by Crippen LogP contribution is 2.33. The third-order valence-electron chi connectivity index (χ3n) is 5.57. The molecule has 180 valence electrons. The first-order valence-electron chi connectivity index (χ1n) is 11.1. The first-order chi connectivity index (χ1) is 16.5. The molecule has 2 aliphatic heterocycles. The molecule has 0 spiro atoms. The van der Waals surface area contributed by atoms with Crippen LogP contribution in [0.1, 0.15) is 10.4 Å². The molecule has 0 bridgehead atoms. The van der Waals surface area contributed by atoms with Crippen LogP contribution in [0.3, 0.4) is 0 Å². The molecule has 2 aromatic carbocycles. The van der Waals surface area contributed by atoms with E-state index in [0.717, 1.165) is 13.1 Å². The number of rotatable bonds is 9. The molecule has 0 unspecified atom stereocenters. The molecular formula is C24H26ClN3O6. The van der Waals surface area contributed by atoms with Gasteiger partial charge in [0.05, 0.1) is 23.9 Å². The molecule has 0 atom stereocenters. The van der Waals surface area contributed by atoms with Crippen LogP contribution in [0.5, 0.6) is 11.5 Å². The summed E-state index contributed by atoms with van der Waals surface area (Å²) < 4.78 is 16.3. The summed E-state index contributed by atoms with van der Waals surface area (Å²) in [5, 5.41) is 3.26. The van der Waals surface area contributed by atoms with Gasteiger partial charge in [-0.15, -0.1) is 0 Å². The van der Waals surface area contributed by atoms with Crippen LogP contribution in [0.2, 0.25) is 5.02 Å². The molecule has 1 N–H and O–H groups in total. The lowest BCUT2D eigenvalue weighted by atomic mass is 10.1. The van der Waals surface area contributed by atoms with Crippen LogP contribution < -0.4 is 19.7 Å². The fourth-order valence-electron chi connectivity index (χ4n) is 3.72. The number of Topliss-reactive ketones (excluding diaryl/α,β-unsaturated/α-hetero) is 1. The lowest BCUT2D eigenvalue weighted by Crippen LogP contribution is -2.47. The maximum Gasteiger partial charge on any atom is 0.265 e. The third-order valence-corrected chi connectivity index (χ3v) is 5.89. The number of nitrogens with one attached hydrogen (secondary N) is 1. The number of carbonyl (C=O) groups excluding carboxylic acids is 3. The van der Waals surface area contributed by atoms with Crippen LogP contribution in [-0.2, 0) is 14.3 Å². The minimum absolute atomic E-state index is 0.161. The summed E-state index contributed by atoms with van der Waals surface area (Å²) in [5.74, 6) is -0.0923. The lowest BCUT2D eigenvalue weighted by Gasteiger charge is -2.29. The van der Waals surface area contributed by atoms with Crippen molar-refractivity contribution in [2.75, 3.05) is 64.1 Å². The summed E-state index contributed by atoms with van der Waals surface area (Å²) in [7, 11) is 0. The number of ketones is 1. The smallest absolute Gasteiger partial charge is 0.265 e. The van der Waals surface area contributed by atoms with E-state index >= 15 is 0 Å². The van der Waals surface area contributed by atoms with E-state index in [0.29, 0.717) is 54.1 Å². The Balaban J connectivity index is 1.37. The zero-order valence-electron chi connectivity index (χ0n) is 18.6. The van der Waals surface area contributed by atoms with E-state index in [1.165, 1.54) is 4.90 Å². The molecule has 34 heavy (non-hydrogen) atoms. The van der Waals surface area contributed by atoms with Gasteiger partial charge in [0.15, 0.2) is 19.0 Å². The summed E-state index contributed by atoms with van der Waals surface area (Å²) in [5.41, 5.74) is 0.713. The molecule has 2 heterocycles. The zero-order chi connectivity index (χ0) is 23.9. The normalized spacial score (nSPS) is 15.9. The quantitative estimate of drug-likeness (QED) is 0.538.